The molecule has 2 aromatic heterocycles. The van der Waals surface area contributed by atoms with Crippen LogP contribution >= 0.6 is 0 Å². The Balaban J connectivity index is 1.62. The first-order valence-electron chi connectivity index (χ1n) is 6.85. The zero-order valence-electron chi connectivity index (χ0n) is 12.3. The molecule has 0 aliphatic carbocycles. The Kier molecular flexibility index (Phi) is 4.01. The highest BCUT2D eigenvalue weighted by atomic mass is 16.5. The van der Waals surface area contributed by atoms with E-state index in [1.54, 1.807) is 30.5 Å². The second kappa shape index (κ2) is 6.27. The van der Waals surface area contributed by atoms with Crippen molar-refractivity contribution in [2.75, 3.05) is 11.9 Å². The van der Waals surface area contributed by atoms with E-state index in [1.807, 2.05) is 13.0 Å². The van der Waals surface area contributed by atoms with Crippen LogP contribution in [0.25, 0.3) is 11.1 Å². The number of anilines is 1. The van der Waals surface area contributed by atoms with Crippen molar-refractivity contribution < 1.29 is 18.7 Å². The number of pyridine rings is 1. The van der Waals surface area contributed by atoms with Gasteiger partial charge < -0.3 is 14.5 Å². The Labute approximate surface area is 131 Å². The molecule has 1 amide bonds. The number of carbonyl (C=O) groups excluding carboxylic acids is 2. The molecular formula is C16H13N3O4. The van der Waals surface area contributed by atoms with E-state index in [2.05, 4.69) is 15.3 Å². The highest BCUT2D eigenvalue weighted by molar-refractivity contribution is 6.02. The number of ether oxygens (including phenoxy) is 1. The Bertz CT molecular complexity index is 872. The van der Waals surface area contributed by atoms with Crippen LogP contribution in [0, 0.1) is 6.92 Å². The molecule has 3 rings (SSSR count). The lowest BCUT2D eigenvalue weighted by atomic mass is 10.2. The quantitative estimate of drug-likeness (QED) is 0.743. The van der Waals surface area contributed by atoms with Gasteiger partial charge in [0, 0.05) is 6.20 Å². The predicted octanol–water partition coefficient (Wildman–Crippen LogP) is 2.33. The molecule has 23 heavy (non-hydrogen) atoms. The van der Waals surface area contributed by atoms with Crippen molar-refractivity contribution >= 4 is 28.8 Å². The number of nitrogens with one attached hydrogen (secondary N) is 1. The second-order valence-corrected chi connectivity index (χ2v) is 4.85. The molecule has 0 bridgehead atoms. The van der Waals surface area contributed by atoms with Gasteiger partial charge in [-0.25, -0.2) is 14.8 Å². The van der Waals surface area contributed by atoms with Gasteiger partial charge in [0.25, 0.3) is 5.91 Å². The van der Waals surface area contributed by atoms with E-state index < -0.39 is 18.5 Å². The molecular weight excluding hydrogens is 298 g/mol. The Hall–Kier alpha value is -3.22. The summed E-state index contributed by atoms with van der Waals surface area (Å²) in [5, 5.41) is 2.56. The van der Waals surface area contributed by atoms with Gasteiger partial charge >= 0.3 is 5.97 Å². The molecule has 0 radical (unpaired) electrons. The fraction of sp³-hybridized carbons (Fsp3) is 0.125. The van der Waals surface area contributed by atoms with Crippen LogP contribution in [0.4, 0.5) is 5.82 Å². The first kappa shape index (κ1) is 14.7. The molecule has 0 spiro atoms. The molecule has 3 aromatic rings. The van der Waals surface area contributed by atoms with Crippen molar-refractivity contribution in [3.8, 4) is 0 Å². The number of aryl methyl sites for hydroxylation is 1. The van der Waals surface area contributed by atoms with Crippen LogP contribution in [-0.4, -0.2) is 28.5 Å². The number of rotatable bonds is 4. The van der Waals surface area contributed by atoms with E-state index in [-0.39, 0.29) is 5.56 Å². The molecule has 1 aromatic carbocycles. The van der Waals surface area contributed by atoms with Crippen molar-refractivity contribution in [2.45, 2.75) is 6.92 Å². The Morgan fingerprint density at radius 1 is 1.26 bits per heavy atom. The normalized spacial score (nSPS) is 10.5. The van der Waals surface area contributed by atoms with Crippen LogP contribution in [0.1, 0.15) is 15.9 Å². The van der Waals surface area contributed by atoms with Crippen molar-refractivity contribution in [1.29, 1.82) is 0 Å². The maximum atomic E-state index is 12.1. The molecule has 7 nitrogen and oxygen atoms in total. The van der Waals surface area contributed by atoms with E-state index in [0.29, 0.717) is 16.9 Å². The van der Waals surface area contributed by atoms with Gasteiger partial charge in [-0.15, -0.1) is 0 Å². The number of nitrogens with zero attached hydrogens (tertiary/aromatic N) is 2. The summed E-state index contributed by atoms with van der Waals surface area (Å²) in [6.07, 6.45) is 2.83. The number of carbonyl (C=O) groups is 2. The summed E-state index contributed by atoms with van der Waals surface area (Å²) in [4.78, 5) is 31.8. The topological polar surface area (TPSA) is 94.3 Å². The van der Waals surface area contributed by atoms with Crippen LogP contribution in [0.3, 0.4) is 0 Å². The van der Waals surface area contributed by atoms with Gasteiger partial charge in [-0.1, -0.05) is 6.07 Å². The standard InChI is InChI=1S/C16H13N3O4/c1-10-5-6-17-13(7-10)19-14(20)8-22-16(21)11-3-2-4-12-15(11)18-9-23-12/h2-7,9H,8H2,1H3,(H,17,19,20). The highest BCUT2D eigenvalue weighted by Gasteiger charge is 2.15. The van der Waals surface area contributed by atoms with Gasteiger partial charge in [-0.2, -0.15) is 0 Å². The summed E-state index contributed by atoms with van der Waals surface area (Å²) in [6, 6.07) is 8.44. The van der Waals surface area contributed by atoms with Crippen molar-refractivity contribution in [2.24, 2.45) is 0 Å². The number of para-hydroxylation sites is 1. The third-order valence-electron chi connectivity index (χ3n) is 3.10. The minimum absolute atomic E-state index is 0.248. The number of amides is 1. The summed E-state index contributed by atoms with van der Waals surface area (Å²) in [5.74, 6) is -0.703. The average molecular weight is 311 g/mol. The minimum Gasteiger partial charge on any atom is -0.452 e. The number of benzene rings is 1. The third kappa shape index (κ3) is 3.34. The van der Waals surface area contributed by atoms with E-state index in [9.17, 15) is 9.59 Å². The van der Waals surface area contributed by atoms with Gasteiger partial charge in [-0.05, 0) is 36.8 Å². The van der Waals surface area contributed by atoms with Gasteiger partial charge in [0.15, 0.2) is 18.6 Å². The lowest BCUT2D eigenvalue weighted by Gasteiger charge is -2.06. The van der Waals surface area contributed by atoms with E-state index in [0.717, 1.165) is 5.56 Å². The second-order valence-electron chi connectivity index (χ2n) is 4.85. The zero-order valence-corrected chi connectivity index (χ0v) is 12.3. The summed E-state index contributed by atoms with van der Waals surface area (Å²) in [6.45, 7) is 1.47. The molecule has 0 atom stereocenters. The number of oxazole rings is 1. The van der Waals surface area contributed by atoms with Crippen LogP contribution in [-0.2, 0) is 9.53 Å². The van der Waals surface area contributed by atoms with Crippen LogP contribution < -0.4 is 5.32 Å². The number of hydrogen-bond acceptors (Lipinski definition) is 6. The maximum absolute atomic E-state index is 12.1. The SMILES string of the molecule is Cc1ccnc(NC(=O)COC(=O)c2cccc3ocnc23)c1. The van der Waals surface area contributed by atoms with Gasteiger partial charge in [0.2, 0.25) is 0 Å². The molecule has 2 heterocycles. The molecule has 0 aliphatic heterocycles. The molecule has 0 saturated heterocycles. The van der Waals surface area contributed by atoms with Crippen LogP contribution in [0.15, 0.2) is 47.3 Å². The van der Waals surface area contributed by atoms with Crippen molar-refractivity contribution in [1.82, 2.24) is 9.97 Å². The molecule has 116 valence electrons. The highest BCUT2D eigenvalue weighted by Crippen LogP contribution is 2.17. The lowest BCUT2D eigenvalue weighted by molar-refractivity contribution is -0.119. The minimum atomic E-state index is -0.642. The summed E-state index contributed by atoms with van der Waals surface area (Å²) >= 11 is 0. The largest absolute Gasteiger partial charge is 0.452 e. The van der Waals surface area contributed by atoms with E-state index >= 15 is 0 Å². The van der Waals surface area contributed by atoms with Crippen LogP contribution in [0.2, 0.25) is 0 Å². The number of aromatic nitrogens is 2. The van der Waals surface area contributed by atoms with Crippen molar-refractivity contribution in [3.05, 3.63) is 54.0 Å². The average Bonchev–Trinajstić information content (AvgIpc) is 3.01. The van der Waals surface area contributed by atoms with Gasteiger partial charge in [-0.3, -0.25) is 4.79 Å². The molecule has 0 aliphatic rings. The number of esters is 1. The molecule has 0 saturated carbocycles. The fourth-order valence-corrected chi connectivity index (χ4v) is 2.04. The predicted molar refractivity (Wildman–Crippen MR) is 81.9 cm³/mol. The smallest absolute Gasteiger partial charge is 0.340 e. The molecule has 7 heteroatoms. The molecule has 0 fully saturated rings. The fourth-order valence-electron chi connectivity index (χ4n) is 2.04. The monoisotopic (exact) mass is 311 g/mol. The van der Waals surface area contributed by atoms with E-state index in [1.165, 1.54) is 6.39 Å². The Morgan fingerprint density at radius 3 is 2.96 bits per heavy atom. The first-order valence-corrected chi connectivity index (χ1v) is 6.85. The first-order chi connectivity index (χ1) is 11.1. The zero-order chi connectivity index (χ0) is 16.2. The van der Waals surface area contributed by atoms with Gasteiger partial charge in [0.05, 0.1) is 5.56 Å². The molecule has 1 N–H and O–H groups in total. The third-order valence-corrected chi connectivity index (χ3v) is 3.10. The summed E-state index contributed by atoms with van der Waals surface area (Å²) in [7, 11) is 0. The van der Waals surface area contributed by atoms with Crippen LogP contribution in [0.5, 0.6) is 0 Å². The number of fused-ring (bicyclic) bond motifs is 1. The summed E-state index contributed by atoms with van der Waals surface area (Å²) < 4.78 is 10.1. The maximum Gasteiger partial charge on any atom is 0.340 e. The number of hydrogen-bond donors (Lipinski definition) is 1. The molecule has 0 unspecified atom stereocenters. The lowest BCUT2D eigenvalue weighted by Crippen LogP contribution is -2.21. The Morgan fingerprint density at radius 2 is 2.13 bits per heavy atom. The van der Waals surface area contributed by atoms with E-state index in [4.69, 9.17) is 9.15 Å². The summed E-state index contributed by atoms with van der Waals surface area (Å²) in [5.41, 5.74) is 2.09. The van der Waals surface area contributed by atoms with Crippen molar-refractivity contribution in [3.63, 3.8) is 0 Å². The van der Waals surface area contributed by atoms with Gasteiger partial charge in [0.1, 0.15) is 11.3 Å².